The maximum absolute atomic E-state index is 12.8. The van der Waals surface area contributed by atoms with E-state index in [1.54, 1.807) is 11.0 Å². The van der Waals surface area contributed by atoms with Gasteiger partial charge in [-0.2, -0.15) is 0 Å². The molecule has 1 N–H and O–H groups in total. The normalized spacial score (nSPS) is 11.2. The van der Waals surface area contributed by atoms with Crippen molar-refractivity contribution in [3.63, 3.8) is 0 Å². The highest BCUT2D eigenvalue weighted by molar-refractivity contribution is 7.89. The molecule has 0 aliphatic heterocycles. The minimum Gasteiger partial charge on any atom is -0.383 e. The monoisotopic (exact) mass is 402 g/mol. The van der Waals surface area contributed by atoms with Gasteiger partial charge in [-0.25, -0.2) is 13.1 Å². The van der Waals surface area contributed by atoms with Gasteiger partial charge in [-0.05, 0) is 36.2 Å². The molecule has 0 radical (unpaired) electrons. The Morgan fingerprint density at radius 1 is 1.14 bits per heavy atom. The van der Waals surface area contributed by atoms with Crippen LogP contribution in [0.25, 0.3) is 0 Å². The van der Waals surface area contributed by atoms with Crippen molar-refractivity contribution in [1.82, 2.24) is 9.62 Å². The summed E-state index contributed by atoms with van der Waals surface area (Å²) in [5.74, 6) is -0.160. The molecule has 0 heterocycles. The summed E-state index contributed by atoms with van der Waals surface area (Å²) in [6, 6.07) is 15.9. The van der Waals surface area contributed by atoms with E-state index in [1.807, 2.05) is 30.3 Å². The maximum atomic E-state index is 12.8. The van der Waals surface area contributed by atoms with Crippen LogP contribution in [0, 0.1) is 0 Å². The Kier molecular flexibility index (Phi) is 8.38. The van der Waals surface area contributed by atoms with Gasteiger partial charge in [-0.3, -0.25) is 4.79 Å². The van der Waals surface area contributed by atoms with Crippen LogP contribution in [0.2, 0.25) is 0 Å². The number of rotatable bonds is 11. The van der Waals surface area contributed by atoms with Crippen LogP contribution in [-0.2, 0) is 21.2 Å². The molecular weight excluding hydrogens is 376 g/mol. The summed E-state index contributed by atoms with van der Waals surface area (Å²) in [4.78, 5) is 14.6. The highest BCUT2D eigenvalue weighted by Gasteiger charge is 2.17. The molecule has 150 valence electrons. The van der Waals surface area contributed by atoms with E-state index < -0.39 is 10.0 Å². The number of amides is 1. The molecular formula is C21H26N2O4S. The first-order valence-electron chi connectivity index (χ1n) is 9.00. The lowest BCUT2D eigenvalue weighted by Crippen LogP contribution is -2.33. The minimum absolute atomic E-state index is 0.111. The summed E-state index contributed by atoms with van der Waals surface area (Å²) in [5, 5.41) is 0. The molecule has 0 aliphatic rings. The molecule has 28 heavy (non-hydrogen) atoms. The Hall–Kier alpha value is -2.48. The van der Waals surface area contributed by atoms with Crippen molar-refractivity contribution in [3.05, 3.63) is 78.4 Å². The number of nitrogens with zero attached hydrogens (tertiary/aromatic N) is 1. The number of ether oxygens (including phenoxy) is 1. The molecule has 0 unspecified atom stereocenters. The predicted octanol–water partition coefficient (Wildman–Crippen LogP) is 2.48. The highest BCUT2D eigenvalue weighted by Crippen LogP contribution is 2.13. The van der Waals surface area contributed by atoms with Crippen molar-refractivity contribution in [3.8, 4) is 0 Å². The molecule has 2 aromatic carbocycles. The lowest BCUT2D eigenvalue weighted by Gasteiger charge is -2.21. The highest BCUT2D eigenvalue weighted by atomic mass is 32.2. The molecule has 2 rings (SSSR count). The van der Waals surface area contributed by atoms with Gasteiger partial charge < -0.3 is 9.64 Å². The van der Waals surface area contributed by atoms with Gasteiger partial charge in [0.2, 0.25) is 10.0 Å². The van der Waals surface area contributed by atoms with E-state index >= 15 is 0 Å². The molecule has 1 amide bonds. The quantitative estimate of drug-likeness (QED) is 0.463. The second kappa shape index (κ2) is 10.8. The van der Waals surface area contributed by atoms with E-state index in [-0.39, 0.29) is 24.0 Å². The second-order valence-electron chi connectivity index (χ2n) is 6.19. The molecule has 6 nitrogen and oxygen atoms in total. The van der Waals surface area contributed by atoms with Gasteiger partial charge in [0, 0.05) is 32.3 Å². The van der Waals surface area contributed by atoms with Crippen LogP contribution in [-0.4, -0.2) is 52.6 Å². The number of benzene rings is 2. The van der Waals surface area contributed by atoms with Crippen molar-refractivity contribution in [2.75, 3.05) is 33.4 Å². The number of hydrogen-bond donors (Lipinski definition) is 1. The average molecular weight is 403 g/mol. The van der Waals surface area contributed by atoms with Gasteiger partial charge in [0.05, 0.1) is 11.5 Å². The van der Waals surface area contributed by atoms with Crippen LogP contribution >= 0.6 is 0 Å². The molecule has 0 saturated carbocycles. The molecule has 2 aromatic rings. The first-order valence-corrected chi connectivity index (χ1v) is 10.5. The number of carbonyl (C=O) groups is 1. The van der Waals surface area contributed by atoms with Crippen molar-refractivity contribution in [2.24, 2.45) is 0 Å². The Morgan fingerprint density at radius 3 is 2.43 bits per heavy atom. The van der Waals surface area contributed by atoms with Crippen molar-refractivity contribution in [2.45, 2.75) is 11.3 Å². The van der Waals surface area contributed by atoms with E-state index in [4.69, 9.17) is 4.74 Å². The Morgan fingerprint density at radius 2 is 1.82 bits per heavy atom. The van der Waals surface area contributed by atoms with Gasteiger partial charge >= 0.3 is 0 Å². The maximum Gasteiger partial charge on any atom is 0.254 e. The zero-order valence-electron chi connectivity index (χ0n) is 16.0. The number of carbonyl (C=O) groups excluding carboxylic acids is 1. The van der Waals surface area contributed by atoms with Crippen molar-refractivity contribution >= 4 is 15.9 Å². The third-order valence-electron chi connectivity index (χ3n) is 4.16. The Labute approximate surface area is 166 Å². The third-order valence-corrected chi connectivity index (χ3v) is 5.64. The number of nitrogens with one attached hydrogen (secondary N) is 1. The van der Waals surface area contributed by atoms with Crippen LogP contribution < -0.4 is 4.72 Å². The molecule has 0 spiro atoms. The third kappa shape index (κ3) is 6.30. The summed E-state index contributed by atoms with van der Waals surface area (Å²) in [7, 11) is -2.12. The van der Waals surface area contributed by atoms with Crippen LogP contribution in [0.15, 0.2) is 72.1 Å². The molecule has 0 aliphatic carbocycles. The Bertz CT molecular complexity index is 865. The molecule has 7 heteroatoms. The smallest absolute Gasteiger partial charge is 0.254 e. The van der Waals surface area contributed by atoms with E-state index in [2.05, 4.69) is 11.3 Å². The van der Waals surface area contributed by atoms with E-state index in [9.17, 15) is 13.2 Å². The molecule has 0 atom stereocenters. The van der Waals surface area contributed by atoms with Crippen molar-refractivity contribution in [1.29, 1.82) is 0 Å². The molecule has 0 saturated heterocycles. The second-order valence-corrected chi connectivity index (χ2v) is 7.96. The number of sulfonamides is 1. The molecule has 0 fully saturated rings. The fourth-order valence-corrected chi connectivity index (χ4v) is 3.67. The van der Waals surface area contributed by atoms with Crippen LogP contribution in [0.3, 0.4) is 0 Å². The first-order chi connectivity index (χ1) is 13.5. The van der Waals surface area contributed by atoms with Gasteiger partial charge in [-0.15, -0.1) is 6.58 Å². The van der Waals surface area contributed by atoms with Crippen LogP contribution in [0.1, 0.15) is 15.9 Å². The number of methoxy groups -OCH3 is 1. The topological polar surface area (TPSA) is 75.7 Å². The number of hydrogen-bond acceptors (Lipinski definition) is 4. The largest absolute Gasteiger partial charge is 0.383 e. The lowest BCUT2D eigenvalue weighted by atomic mass is 10.1. The predicted molar refractivity (Wildman–Crippen MR) is 110 cm³/mol. The van der Waals surface area contributed by atoms with E-state index in [1.165, 1.54) is 31.4 Å². The van der Waals surface area contributed by atoms with Crippen LogP contribution in [0.5, 0.6) is 0 Å². The standard InChI is InChI=1S/C21H26N2O4S/c1-3-15-23(16-13-18-7-5-4-6-8-18)21(24)19-9-11-20(12-10-19)28(25,26)22-14-17-27-2/h3-12,22H,1,13-17H2,2H3. The summed E-state index contributed by atoms with van der Waals surface area (Å²) in [5.41, 5.74) is 1.58. The molecule has 0 bridgehead atoms. The fourth-order valence-electron chi connectivity index (χ4n) is 2.66. The zero-order valence-corrected chi connectivity index (χ0v) is 16.8. The fraction of sp³-hybridized carbons (Fsp3) is 0.286. The van der Waals surface area contributed by atoms with Gasteiger partial charge in [0.25, 0.3) is 5.91 Å². The van der Waals surface area contributed by atoms with Gasteiger partial charge in [0.1, 0.15) is 0 Å². The summed E-state index contributed by atoms with van der Waals surface area (Å²) >= 11 is 0. The summed E-state index contributed by atoms with van der Waals surface area (Å²) in [6.07, 6.45) is 2.41. The summed E-state index contributed by atoms with van der Waals surface area (Å²) < 4.78 is 31.7. The van der Waals surface area contributed by atoms with Crippen LogP contribution in [0.4, 0.5) is 0 Å². The Balaban J connectivity index is 2.06. The van der Waals surface area contributed by atoms with E-state index in [0.29, 0.717) is 18.7 Å². The molecule has 0 aromatic heterocycles. The first kappa shape index (κ1) is 21.8. The van der Waals surface area contributed by atoms with Gasteiger partial charge in [0.15, 0.2) is 0 Å². The van der Waals surface area contributed by atoms with Crippen molar-refractivity contribution < 1.29 is 17.9 Å². The summed E-state index contributed by atoms with van der Waals surface area (Å²) in [6.45, 7) is 5.16. The minimum atomic E-state index is -3.62. The zero-order chi connectivity index (χ0) is 20.4. The van der Waals surface area contributed by atoms with E-state index in [0.717, 1.165) is 12.0 Å². The SMILES string of the molecule is C=CCN(CCc1ccccc1)C(=O)c1ccc(S(=O)(=O)NCCOC)cc1. The van der Waals surface area contributed by atoms with Gasteiger partial charge in [-0.1, -0.05) is 36.4 Å². The lowest BCUT2D eigenvalue weighted by molar-refractivity contribution is 0.0775. The average Bonchev–Trinajstić information content (AvgIpc) is 2.71.